The van der Waals surface area contributed by atoms with Crippen molar-refractivity contribution < 1.29 is 24.2 Å². The van der Waals surface area contributed by atoms with Crippen LogP contribution in [0.3, 0.4) is 0 Å². The summed E-state index contributed by atoms with van der Waals surface area (Å²) in [6.07, 6.45) is 1.25. The first-order chi connectivity index (χ1) is 16.4. The number of hydrogen-bond donors (Lipinski definition) is 2. The predicted molar refractivity (Wildman–Crippen MR) is 132 cm³/mol. The minimum Gasteiger partial charge on any atom is -0.859 e. The van der Waals surface area contributed by atoms with E-state index in [0.717, 1.165) is 18.8 Å². The number of H-pyrrole nitrogens is 1. The number of methoxy groups -OCH3 is 3. The van der Waals surface area contributed by atoms with Crippen LogP contribution in [-0.4, -0.2) is 50.2 Å². The highest BCUT2D eigenvalue weighted by molar-refractivity contribution is 7.71. The maximum absolute atomic E-state index is 13.3. The molecule has 2 aromatic carbocycles. The van der Waals surface area contributed by atoms with Gasteiger partial charge in [-0.3, -0.25) is 14.8 Å². The molecule has 0 radical (unpaired) electrons. The fourth-order valence-electron chi connectivity index (χ4n) is 3.66. The van der Waals surface area contributed by atoms with E-state index < -0.39 is 11.4 Å². The second-order valence-corrected chi connectivity index (χ2v) is 7.70. The molecule has 0 fully saturated rings. The van der Waals surface area contributed by atoms with E-state index in [4.69, 9.17) is 26.4 Å². The molecular weight excluding hydrogens is 456 g/mol. The molecule has 0 aliphatic rings. The number of hydrogen-bond acceptors (Lipinski definition) is 7. The van der Waals surface area contributed by atoms with E-state index in [1.807, 2.05) is 24.3 Å². The topological polar surface area (TPSA) is 105 Å². The fourth-order valence-corrected chi connectivity index (χ4v) is 3.94. The normalized spacial score (nSPS) is 11.2. The molecule has 0 aliphatic carbocycles. The van der Waals surface area contributed by atoms with Crippen LogP contribution in [0.2, 0.25) is 0 Å². The Kier molecular flexibility index (Phi) is 8.08. The molecule has 1 heterocycles. The van der Waals surface area contributed by atoms with Crippen LogP contribution in [0.25, 0.3) is 5.69 Å². The highest BCUT2D eigenvalue weighted by Gasteiger charge is 2.16. The van der Waals surface area contributed by atoms with Crippen LogP contribution < -0.4 is 29.8 Å². The summed E-state index contributed by atoms with van der Waals surface area (Å²) in [6.45, 7) is 6.20. The molecule has 10 heteroatoms. The first-order valence-electron chi connectivity index (χ1n) is 10.7. The molecule has 3 rings (SSSR count). The number of quaternary nitrogens is 1. The molecule has 0 aliphatic heterocycles. The van der Waals surface area contributed by atoms with Gasteiger partial charge in [-0.05, 0) is 44.1 Å². The molecule has 0 saturated heterocycles. The van der Waals surface area contributed by atoms with Gasteiger partial charge in [0.1, 0.15) is 5.69 Å². The molecule has 0 bridgehead atoms. The fraction of sp³-hybridized carbons (Fsp3) is 0.292. The molecule has 180 valence electrons. The molecule has 3 aromatic rings. The van der Waals surface area contributed by atoms with Crippen molar-refractivity contribution in [1.29, 1.82) is 0 Å². The van der Waals surface area contributed by atoms with Crippen molar-refractivity contribution in [3.05, 3.63) is 57.1 Å². The van der Waals surface area contributed by atoms with Crippen molar-refractivity contribution in [1.82, 2.24) is 9.55 Å². The van der Waals surface area contributed by atoms with Gasteiger partial charge in [0.25, 0.3) is 5.56 Å². The second-order valence-electron chi connectivity index (χ2n) is 7.31. The van der Waals surface area contributed by atoms with Gasteiger partial charge in [0.05, 0.1) is 51.4 Å². The summed E-state index contributed by atoms with van der Waals surface area (Å²) in [5, 5.41) is 13.3. The summed E-state index contributed by atoms with van der Waals surface area (Å²) >= 11 is 5.28. The minimum atomic E-state index is -0.619. The second kappa shape index (κ2) is 11.0. The van der Waals surface area contributed by atoms with E-state index in [9.17, 15) is 9.90 Å². The van der Waals surface area contributed by atoms with Gasteiger partial charge >= 0.3 is 0 Å². The lowest BCUT2D eigenvalue weighted by Crippen LogP contribution is -3.06. The van der Waals surface area contributed by atoms with E-state index in [0.29, 0.717) is 28.6 Å². The van der Waals surface area contributed by atoms with Gasteiger partial charge in [-0.15, -0.1) is 0 Å². The minimum absolute atomic E-state index is 0.0621. The summed E-state index contributed by atoms with van der Waals surface area (Å²) in [5.41, 5.74) is 1.35. The number of aromatic amines is 1. The average molecular weight is 485 g/mol. The average Bonchev–Trinajstić information content (AvgIpc) is 2.84. The Hall–Kier alpha value is -3.63. The predicted octanol–water partition coefficient (Wildman–Crippen LogP) is 2.30. The highest BCUT2D eigenvalue weighted by atomic mass is 32.1. The number of benzene rings is 2. The summed E-state index contributed by atoms with van der Waals surface area (Å²) in [6, 6.07) is 10.8. The van der Waals surface area contributed by atoms with E-state index in [-0.39, 0.29) is 10.3 Å². The molecule has 9 nitrogen and oxygen atoms in total. The molecule has 1 aromatic heterocycles. The number of nitrogens with zero attached hydrogens (tertiary/aromatic N) is 2. The van der Waals surface area contributed by atoms with E-state index in [2.05, 4.69) is 23.8 Å². The third-order valence-corrected chi connectivity index (χ3v) is 5.77. The maximum atomic E-state index is 13.3. The Balaban J connectivity index is 2.06. The Morgan fingerprint density at radius 2 is 1.65 bits per heavy atom. The van der Waals surface area contributed by atoms with Crippen molar-refractivity contribution >= 4 is 29.8 Å². The van der Waals surface area contributed by atoms with Gasteiger partial charge < -0.3 is 28.8 Å². The zero-order valence-corrected chi connectivity index (χ0v) is 20.6. The smallest absolute Gasteiger partial charge is 0.259 e. The quantitative estimate of drug-likeness (QED) is 0.357. The lowest BCUT2D eigenvalue weighted by molar-refractivity contribution is -0.828. The monoisotopic (exact) mass is 484 g/mol. The molecule has 0 saturated carbocycles. The zero-order valence-electron chi connectivity index (χ0n) is 19.8. The largest absolute Gasteiger partial charge is 0.859 e. The first kappa shape index (κ1) is 25.0. The number of aliphatic imine (C=N–C) groups is 1. The van der Waals surface area contributed by atoms with Crippen LogP contribution in [0, 0.1) is 4.77 Å². The lowest BCUT2D eigenvalue weighted by atomic mass is 10.2. The Bertz CT molecular complexity index is 1270. The molecule has 34 heavy (non-hydrogen) atoms. The van der Waals surface area contributed by atoms with E-state index in [1.165, 1.54) is 37.0 Å². The Morgan fingerprint density at radius 3 is 2.15 bits per heavy atom. The van der Waals surface area contributed by atoms with Gasteiger partial charge in [-0.25, -0.2) is 0 Å². The molecule has 0 atom stereocenters. The van der Waals surface area contributed by atoms with Gasteiger partial charge in [0.2, 0.25) is 5.75 Å². The highest BCUT2D eigenvalue weighted by Crippen LogP contribution is 2.39. The summed E-state index contributed by atoms with van der Waals surface area (Å²) in [4.78, 5) is 20.8. The van der Waals surface area contributed by atoms with Crippen LogP contribution in [-0.2, 0) is 0 Å². The van der Waals surface area contributed by atoms with Gasteiger partial charge in [-0.1, -0.05) is 0 Å². The lowest BCUT2D eigenvalue weighted by Gasteiger charge is -2.21. The van der Waals surface area contributed by atoms with Gasteiger partial charge in [0.15, 0.2) is 16.3 Å². The third kappa shape index (κ3) is 4.97. The van der Waals surface area contributed by atoms with Crippen LogP contribution in [0.4, 0.5) is 11.4 Å². The van der Waals surface area contributed by atoms with Gasteiger partial charge in [-0.2, -0.15) is 0 Å². The number of ether oxygens (including phenoxy) is 3. The SMILES string of the molecule is CC[NH+](CC)c1ccc(N=Cc2c([O-])n(-c3cc(OC)c(OC)c(OC)c3)c(=S)[nH]c2=O)cc1. The first-order valence-corrected chi connectivity index (χ1v) is 11.1. The standard InChI is InChI=1S/C24H28N4O5S/c1-6-27(7-2)16-10-8-15(9-11-16)25-14-18-22(29)26-24(34)28(23(18)30)17-12-19(31-3)21(33-5)20(13-17)32-4/h8-14,30H,6-7H2,1-5H3,(H,26,29,34). The van der Waals surface area contributed by atoms with Crippen molar-refractivity contribution in [2.24, 2.45) is 4.99 Å². The summed E-state index contributed by atoms with van der Waals surface area (Å²) < 4.78 is 17.2. The third-order valence-electron chi connectivity index (χ3n) is 5.48. The Morgan fingerprint density at radius 1 is 1.06 bits per heavy atom. The van der Waals surface area contributed by atoms with Crippen LogP contribution >= 0.6 is 12.2 Å². The van der Waals surface area contributed by atoms with E-state index >= 15 is 0 Å². The summed E-state index contributed by atoms with van der Waals surface area (Å²) in [5.74, 6) is 0.440. The number of rotatable bonds is 9. The van der Waals surface area contributed by atoms with Crippen molar-refractivity contribution in [2.75, 3.05) is 34.4 Å². The zero-order chi connectivity index (χ0) is 24.8. The van der Waals surface area contributed by atoms with Crippen LogP contribution in [0.15, 0.2) is 46.2 Å². The number of nitrogens with one attached hydrogen (secondary N) is 2. The van der Waals surface area contributed by atoms with Crippen molar-refractivity contribution in [3.8, 4) is 28.8 Å². The maximum Gasteiger partial charge on any atom is 0.259 e. The molecular formula is C24H28N4O5S. The van der Waals surface area contributed by atoms with Gasteiger partial charge in [0, 0.05) is 30.5 Å². The molecule has 0 amide bonds. The molecule has 0 unspecified atom stereocenters. The number of aromatic nitrogens is 2. The molecule has 2 N–H and O–H groups in total. The van der Waals surface area contributed by atoms with Crippen LogP contribution in [0.5, 0.6) is 23.1 Å². The summed E-state index contributed by atoms with van der Waals surface area (Å²) in [7, 11) is 4.42. The van der Waals surface area contributed by atoms with Crippen molar-refractivity contribution in [3.63, 3.8) is 0 Å². The van der Waals surface area contributed by atoms with Crippen LogP contribution in [0.1, 0.15) is 19.4 Å². The Labute approximate surface area is 202 Å². The van der Waals surface area contributed by atoms with E-state index in [1.54, 1.807) is 12.1 Å². The van der Waals surface area contributed by atoms with Crippen molar-refractivity contribution in [2.45, 2.75) is 13.8 Å². The molecule has 0 spiro atoms.